The Bertz CT molecular complexity index is 487. The van der Waals surface area contributed by atoms with E-state index in [0.717, 1.165) is 24.7 Å². The predicted octanol–water partition coefficient (Wildman–Crippen LogP) is 3.39. The molecule has 4 heteroatoms. The largest absolute Gasteiger partial charge is 0.248 e. The van der Waals surface area contributed by atoms with E-state index in [2.05, 4.69) is 45.2 Å². The molecule has 0 aromatic carbocycles. The molecule has 5 aliphatic rings. The van der Waals surface area contributed by atoms with Crippen molar-refractivity contribution in [3.8, 4) is 0 Å². The first kappa shape index (κ1) is 14.1. The van der Waals surface area contributed by atoms with Crippen LogP contribution < -0.4 is 5.43 Å². The molecule has 2 aliphatic carbocycles. The third-order valence-electron chi connectivity index (χ3n) is 8.08. The van der Waals surface area contributed by atoms with Crippen molar-refractivity contribution in [2.75, 3.05) is 7.05 Å². The topological polar surface area (TPSA) is 40.0 Å². The summed E-state index contributed by atoms with van der Waals surface area (Å²) in [5.74, 6) is 1.58. The lowest BCUT2D eigenvalue weighted by Gasteiger charge is -2.46. The minimum atomic E-state index is 0.104. The number of rotatable bonds is 0. The Morgan fingerprint density at radius 2 is 1.52 bits per heavy atom. The Morgan fingerprint density at radius 1 is 0.952 bits per heavy atom. The molecule has 0 aromatic heterocycles. The number of hydrogen-bond acceptors (Lipinski definition) is 4. The molecule has 5 rings (SSSR count). The molecule has 21 heavy (non-hydrogen) atoms. The lowest BCUT2D eigenvalue weighted by molar-refractivity contribution is 0.0462. The highest BCUT2D eigenvalue weighted by molar-refractivity contribution is 5.19. The molecule has 0 radical (unpaired) electrons. The molecule has 6 unspecified atom stereocenters. The van der Waals surface area contributed by atoms with Crippen molar-refractivity contribution in [3.05, 3.63) is 0 Å². The summed E-state index contributed by atoms with van der Waals surface area (Å²) in [5, 5.41) is 12.0. The average molecular weight is 290 g/mol. The van der Waals surface area contributed by atoms with E-state index >= 15 is 0 Å². The van der Waals surface area contributed by atoms with Crippen LogP contribution in [0.25, 0.3) is 0 Å². The van der Waals surface area contributed by atoms with Crippen molar-refractivity contribution in [3.63, 3.8) is 0 Å². The molecule has 3 heterocycles. The highest BCUT2D eigenvalue weighted by Gasteiger charge is 2.64. The van der Waals surface area contributed by atoms with Gasteiger partial charge in [-0.05, 0) is 51.4 Å². The Kier molecular flexibility index (Phi) is 2.74. The maximum absolute atomic E-state index is 4.82. The van der Waals surface area contributed by atoms with Crippen LogP contribution in [0.2, 0.25) is 0 Å². The fourth-order valence-corrected chi connectivity index (χ4v) is 5.87. The lowest BCUT2D eigenvalue weighted by atomic mass is 9.60. The molecule has 2 saturated carbocycles. The second kappa shape index (κ2) is 4.08. The van der Waals surface area contributed by atoms with Gasteiger partial charge in [-0.25, -0.2) is 10.4 Å². The van der Waals surface area contributed by atoms with Crippen LogP contribution in [0, 0.1) is 17.3 Å². The molecule has 4 nitrogen and oxygen atoms in total. The first-order chi connectivity index (χ1) is 9.78. The molecule has 0 aromatic rings. The van der Waals surface area contributed by atoms with Gasteiger partial charge in [-0.3, -0.25) is 0 Å². The predicted molar refractivity (Wildman–Crippen MR) is 84.0 cm³/mol. The molecular weight excluding hydrogens is 260 g/mol. The summed E-state index contributed by atoms with van der Waals surface area (Å²) in [6, 6.07) is 0.863. The molecule has 1 saturated heterocycles. The highest BCUT2D eigenvalue weighted by Crippen LogP contribution is 2.58. The van der Waals surface area contributed by atoms with E-state index in [1.807, 2.05) is 0 Å². The Hall–Kier alpha value is -0.480. The van der Waals surface area contributed by atoms with Gasteiger partial charge in [-0.1, -0.05) is 20.3 Å². The number of azo groups is 1. The van der Waals surface area contributed by atoms with Gasteiger partial charge in [0.15, 0.2) is 0 Å². The van der Waals surface area contributed by atoms with Crippen molar-refractivity contribution in [1.82, 2.24) is 10.4 Å². The summed E-state index contributed by atoms with van der Waals surface area (Å²) in [7, 11) is 2.23. The van der Waals surface area contributed by atoms with Gasteiger partial charge in [-0.2, -0.15) is 10.2 Å². The van der Waals surface area contributed by atoms with Crippen LogP contribution in [0.1, 0.15) is 59.8 Å². The smallest absolute Gasteiger partial charge is 0.0758 e. The summed E-state index contributed by atoms with van der Waals surface area (Å²) in [6.07, 6.45) is 6.38. The van der Waals surface area contributed by atoms with Crippen LogP contribution in [0.3, 0.4) is 0 Å². The van der Waals surface area contributed by atoms with Gasteiger partial charge in [0.1, 0.15) is 0 Å². The minimum absolute atomic E-state index is 0.104. The van der Waals surface area contributed by atoms with Crippen LogP contribution in [0.5, 0.6) is 0 Å². The molecule has 118 valence electrons. The van der Waals surface area contributed by atoms with E-state index in [9.17, 15) is 0 Å². The van der Waals surface area contributed by atoms with Crippen molar-refractivity contribution in [1.29, 1.82) is 0 Å². The first-order valence-corrected chi connectivity index (χ1v) is 8.70. The van der Waals surface area contributed by atoms with E-state index < -0.39 is 0 Å². The van der Waals surface area contributed by atoms with E-state index in [0.29, 0.717) is 12.1 Å². The molecule has 6 atom stereocenters. The van der Waals surface area contributed by atoms with Crippen molar-refractivity contribution in [2.45, 2.75) is 83.0 Å². The molecular formula is C17H30N4. The molecule has 0 spiro atoms. The molecule has 4 bridgehead atoms. The second-order valence-electron chi connectivity index (χ2n) is 8.93. The maximum Gasteiger partial charge on any atom is 0.0758 e. The van der Waals surface area contributed by atoms with Crippen LogP contribution >= 0.6 is 0 Å². The Balaban J connectivity index is 1.84. The van der Waals surface area contributed by atoms with Crippen LogP contribution in [0.15, 0.2) is 10.2 Å². The van der Waals surface area contributed by atoms with Crippen LogP contribution in [-0.4, -0.2) is 35.2 Å². The summed E-state index contributed by atoms with van der Waals surface area (Å²) in [4.78, 5) is 0. The lowest BCUT2D eigenvalue weighted by Crippen LogP contribution is -2.53. The van der Waals surface area contributed by atoms with Crippen molar-refractivity contribution in [2.24, 2.45) is 27.5 Å². The zero-order valence-corrected chi connectivity index (χ0v) is 14.2. The van der Waals surface area contributed by atoms with E-state index in [-0.39, 0.29) is 16.5 Å². The molecule has 3 fully saturated rings. The van der Waals surface area contributed by atoms with Crippen LogP contribution in [0.4, 0.5) is 0 Å². The van der Waals surface area contributed by atoms with Gasteiger partial charge in [0.25, 0.3) is 0 Å². The first-order valence-electron chi connectivity index (χ1n) is 8.70. The maximum atomic E-state index is 4.82. The van der Waals surface area contributed by atoms with E-state index in [1.54, 1.807) is 0 Å². The SMILES string of the molecule is CN1NC2(C)CC3N=NC(CC1(C)C2(C)C)C1CCCC31. The van der Waals surface area contributed by atoms with E-state index in [1.165, 1.54) is 19.3 Å². The number of nitrogens with one attached hydrogen (secondary N) is 1. The summed E-state index contributed by atoms with van der Waals surface area (Å²) >= 11 is 0. The fraction of sp³-hybridized carbons (Fsp3) is 1.00. The Labute approximate surface area is 128 Å². The highest BCUT2D eigenvalue weighted by atomic mass is 15.6. The monoisotopic (exact) mass is 290 g/mol. The molecule has 1 N–H and O–H groups in total. The quantitative estimate of drug-likeness (QED) is 0.743. The third-order valence-corrected chi connectivity index (χ3v) is 8.08. The summed E-state index contributed by atoms with van der Waals surface area (Å²) < 4.78 is 0. The van der Waals surface area contributed by atoms with Gasteiger partial charge in [0.05, 0.1) is 12.1 Å². The van der Waals surface area contributed by atoms with Crippen molar-refractivity contribution < 1.29 is 0 Å². The minimum Gasteiger partial charge on any atom is -0.248 e. The third kappa shape index (κ3) is 1.58. The number of hydrazine groups is 1. The zero-order chi connectivity index (χ0) is 15.0. The van der Waals surface area contributed by atoms with Gasteiger partial charge < -0.3 is 0 Å². The standard InChI is InChI=1S/C17H30N4/c1-15(2)16(3)9-13-11-7-6-8-12(11)14(19-18-13)10-17(15,4)21(5)20-16/h11-14,20H,6-10H2,1-5H3. The normalized spacial score (nSPS) is 55.1. The second-order valence-corrected chi connectivity index (χ2v) is 8.93. The number of nitrogens with zero attached hydrogens (tertiary/aromatic N) is 3. The zero-order valence-electron chi connectivity index (χ0n) is 14.2. The summed E-state index contributed by atoms with van der Waals surface area (Å²) in [6.45, 7) is 9.74. The molecule has 0 amide bonds. The average Bonchev–Trinajstić information content (AvgIpc) is 2.94. The van der Waals surface area contributed by atoms with Gasteiger partial charge >= 0.3 is 0 Å². The fourth-order valence-electron chi connectivity index (χ4n) is 5.87. The Morgan fingerprint density at radius 3 is 2.14 bits per heavy atom. The van der Waals surface area contributed by atoms with Crippen LogP contribution in [-0.2, 0) is 0 Å². The van der Waals surface area contributed by atoms with E-state index in [4.69, 9.17) is 10.2 Å². The van der Waals surface area contributed by atoms with Gasteiger partial charge in [-0.15, -0.1) is 0 Å². The van der Waals surface area contributed by atoms with Gasteiger partial charge in [0.2, 0.25) is 0 Å². The molecule has 3 aliphatic heterocycles. The van der Waals surface area contributed by atoms with Gasteiger partial charge in [0, 0.05) is 23.5 Å². The summed E-state index contributed by atoms with van der Waals surface area (Å²) in [5.41, 5.74) is 4.28. The van der Waals surface area contributed by atoms with Crippen molar-refractivity contribution >= 4 is 0 Å². The number of hydrogen-bond donors (Lipinski definition) is 1.